The molecule has 3 aromatic rings. The van der Waals surface area contributed by atoms with Crippen LogP contribution in [-0.4, -0.2) is 27.4 Å². The number of halogens is 1. The van der Waals surface area contributed by atoms with E-state index < -0.39 is 0 Å². The van der Waals surface area contributed by atoms with E-state index in [1.807, 2.05) is 31.2 Å². The molecule has 0 N–H and O–H groups in total. The number of carbonyl (C=O) groups is 1. The van der Waals surface area contributed by atoms with Gasteiger partial charge >= 0.3 is 0 Å². The number of hydrogen-bond acceptors (Lipinski definition) is 5. The number of carbonyl (C=O) groups excluding carboxylic acids is 1. The van der Waals surface area contributed by atoms with Crippen LogP contribution in [0.25, 0.3) is 0 Å². The molecule has 1 amide bonds. The van der Waals surface area contributed by atoms with Crippen molar-refractivity contribution in [3.63, 3.8) is 0 Å². The number of benzene rings is 2. The Balaban J connectivity index is 1.54. The highest BCUT2D eigenvalue weighted by molar-refractivity contribution is 8.15. The van der Waals surface area contributed by atoms with Gasteiger partial charge in [0.1, 0.15) is 5.76 Å². The molecule has 152 valence electrons. The number of amides is 1. The van der Waals surface area contributed by atoms with Crippen molar-refractivity contribution in [2.75, 3.05) is 0 Å². The topological polar surface area (TPSA) is 58.2 Å². The van der Waals surface area contributed by atoms with Gasteiger partial charge in [0.2, 0.25) is 5.91 Å². The maximum atomic E-state index is 13.1. The molecule has 1 aromatic heterocycles. The van der Waals surface area contributed by atoms with Gasteiger partial charge in [0.15, 0.2) is 5.17 Å². The zero-order valence-electron chi connectivity index (χ0n) is 16.4. The number of amidine groups is 1. The Morgan fingerprint density at radius 2 is 1.90 bits per heavy atom. The molecule has 2 aromatic carbocycles. The van der Waals surface area contributed by atoms with E-state index in [1.54, 1.807) is 29.5 Å². The smallest absolute Gasteiger partial charge is 0.242 e. The first kappa shape index (κ1) is 20.4. The number of nitrogens with zero attached hydrogens (tertiary/aromatic N) is 3. The molecule has 0 bridgehead atoms. The van der Waals surface area contributed by atoms with Crippen LogP contribution in [0.5, 0.6) is 0 Å². The molecule has 4 rings (SSSR count). The zero-order chi connectivity index (χ0) is 20.9. The highest BCUT2D eigenvalue weighted by Gasteiger charge is 2.38. The molecule has 0 saturated carbocycles. The summed E-state index contributed by atoms with van der Waals surface area (Å²) in [5.74, 6) is 0.715. The Kier molecular flexibility index (Phi) is 6.35. The number of aryl methyl sites for hydroxylation is 1. The summed E-state index contributed by atoms with van der Waals surface area (Å²) in [7, 11) is 0. The molecule has 1 atom stereocenters. The standard InChI is InChI=1S/C23H20ClN3O2S/c1-16-4-6-17(7-5-16)13-21-22(28)27(15-20-3-2-12-29-20)23(30-21)26-25-14-18-8-10-19(24)11-9-18/h2-12,14,21H,13,15H2,1H3/b25-14+,26-23+. The molecular weight excluding hydrogens is 418 g/mol. The van der Waals surface area contributed by atoms with Gasteiger partial charge in [-0.1, -0.05) is 65.3 Å². The van der Waals surface area contributed by atoms with Crippen LogP contribution in [0.2, 0.25) is 5.02 Å². The predicted octanol–water partition coefficient (Wildman–Crippen LogP) is 5.32. The second-order valence-electron chi connectivity index (χ2n) is 6.98. The summed E-state index contributed by atoms with van der Waals surface area (Å²) in [5.41, 5.74) is 3.20. The van der Waals surface area contributed by atoms with E-state index in [-0.39, 0.29) is 11.2 Å². The van der Waals surface area contributed by atoms with Crippen LogP contribution in [0.15, 0.2) is 81.5 Å². The SMILES string of the molecule is Cc1ccc(CC2S/C(=N/N=C/c3ccc(Cl)cc3)N(Cc3ccco3)C2=O)cc1. The van der Waals surface area contributed by atoms with Crippen LogP contribution in [0.4, 0.5) is 0 Å². The fourth-order valence-electron chi connectivity index (χ4n) is 3.05. The van der Waals surface area contributed by atoms with E-state index in [4.69, 9.17) is 16.0 Å². The van der Waals surface area contributed by atoms with Gasteiger partial charge in [-0.05, 0) is 48.7 Å². The summed E-state index contributed by atoms with van der Waals surface area (Å²) in [5, 5.41) is 9.52. The van der Waals surface area contributed by atoms with Crippen molar-refractivity contribution in [2.24, 2.45) is 10.2 Å². The van der Waals surface area contributed by atoms with E-state index >= 15 is 0 Å². The maximum absolute atomic E-state index is 13.1. The van der Waals surface area contributed by atoms with Gasteiger partial charge in [-0.3, -0.25) is 9.69 Å². The number of thioether (sulfide) groups is 1. The van der Waals surface area contributed by atoms with Crippen molar-refractivity contribution < 1.29 is 9.21 Å². The first-order chi connectivity index (χ1) is 14.6. The number of furan rings is 1. The molecule has 1 saturated heterocycles. The van der Waals surface area contributed by atoms with Crippen molar-refractivity contribution in [3.8, 4) is 0 Å². The summed E-state index contributed by atoms with van der Waals surface area (Å²) in [6.45, 7) is 2.38. The minimum atomic E-state index is -0.243. The highest BCUT2D eigenvalue weighted by Crippen LogP contribution is 2.31. The van der Waals surface area contributed by atoms with Gasteiger partial charge < -0.3 is 4.42 Å². The lowest BCUT2D eigenvalue weighted by atomic mass is 10.1. The van der Waals surface area contributed by atoms with Crippen molar-refractivity contribution in [2.45, 2.75) is 25.1 Å². The van der Waals surface area contributed by atoms with E-state index in [2.05, 4.69) is 34.5 Å². The molecule has 1 fully saturated rings. The monoisotopic (exact) mass is 437 g/mol. The van der Waals surface area contributed by atoms with Crippen LogP contribution in [0.3, 0.4) is 0 Å². The molecule has 1 aliphatic rings. The second-order valence-corrected chi connectivity index (χ2v) is 8.58. The Morgan fingerprint density at radius 3 is 2.60 bits per heavy atom. The Hall–Kier alpha value is -2.83. The number of rotatable bonds is 6. The average molecular weight is 438 g/mol. The molecule has 1 unspecified atom stereocenters. The molecule has 2 heterocycles. The minimum Gasteiger partial charge on any atom is -0.467 e. The normalized spacial score (nSPS) is 18.1. The van der Waals surface area contributed by atoms with Gasteiger partial charge in [-0.2, -0.15) is 5.10 Å². The number of hydrogen-bond donors (Lipinski definition) is 0. The van der Waals surface area contributed by atoms with Crippen LogP contribution in [0.1, 0.15) is 22.5 Å². The first-order valence-electron chi connectivity index (χ1n) is 9.51. The third-order valence-corrected chi connectivity index (χ3v) is 6.09. The predicted molar refractivity (Wildman–Crippen MR) is 122 cm³/mol. The fraction of sp³-hybridized carbons (Fsp3) is 0.174. The molecule has 0 radical (unpaired) electrons. The molecule has 0 spiro atoms. The summed E-state index contributed by atoms with van der Waals surface area (Å²) >= 11 is 7.35. The van der Waals surface area contributed by atoms with Crippen LogP contribution in [-0.2, 0) is 17.8 Å². The summed E-state index contributed by atoms with van der Waals surface area (Å²) in [6.07, 6.45) is 3.88. The Morgan fingerprint density at radius 1 is 1.13 bits per heavy atom. The lowest BCUT2D eigenvalue weighted by Gasteiger charge is -2.14. The van der Waals surface area contributed by atoms with Crippen LogP contribution < -0.4 is 0 Å². The molecular formula is C23H20ClN3O2S. The average Bonchev–Trinajstić information content (AvgIpc) is 3.35. The van der Waals surface area contributed by atoms with Crippen molar-refractivity contribution in [3.05, 3.63) is 94.4 Å². The van der Waals surface area contributed by atoms with E-state index in [0.717, 1.165) is 11.1 Å². The Labute approximate surface area is 184 Å². The summed E-state index contributed by atoms with van der Waals surface area (Å²) in [4.78, 5) is 14.7. The first-order valence-corrected chi connectivity index (χ1v) is 10.8. The zero-order valence-corrected chi connectivity index (χ0v) is 17.9. The summed E-state index contributed by atoms with van der Waals surface area (Å²) in [6, 6.07) is 19.2. The third-order valence-electron chi connectivity index (χ3n) is 4.68. The maximum Gasteiger partial charge on any atom is 0.242 e. The lowest BCUT2D eigenvalue weighted by molar-refractivity contribution is -0.126. The minimum absolute atomic E-state index is 0.0115. The second kappa shape index (κ2) is 9.32. The highest BCUT2D eigenvalue weighted by atomic mass is 35.5. The largest absolute Gasteiger partial charge is 0.467 e. The molecule has 5 nitrogen and oxygen atoms in total. The van der Waals surface area contributed by atoms with Gasteiger partial charge in [-0.25, -0.2) is 0 Å². The summed E-state index contributed by atoms with van der Waals surface area (Å²) < 4.78 is 5.43. The van der Waals surface area contributed by atoms with E-state index in [9.17, 15) is 4.79 Å². The van der Waals surface area contributed by atoms with Crippen LogP contribution in [0, 0.1) is 6.92 Å². The van der Waals surface area contributed by atoms with E-state index in [1.165, 1.54) is 17.3 Å². The lowest BCUT2D eigenvalue weighted by Crippen LogP contribution is -2.32. The molecule has 1 aliphatic heterocycles. The van der Waals surface area contributed by atoms with Gasteiger partial charge in [0, 0.05) is 5.02 Å². The van der Waals surface area contributed by atoms with E-state index in [0.29, 0.717) is 28.9 Å². The third kappa shape index (κ3) is 5.01. The Bertz CT molecular complexity index is 1060. The molecule has 0 aliphatic carbocycles. The van der Waals surface area contributed by atoms with Crippen molar-refractivity contribution >= 4 is 40.7 Å². The fourth-order valence-corrected chi connectivity index (χ4v) is 4.31. The molecule has 30 heavy (non-hydrogen) atoms. The van der Waals surface area contributed by atoms with Gasteiger partial charge in [0.25, 0.3) is 0 Å². The quantitative estimate of drug-likeness (QED) is 0.387. The van der Waals surface area contributed by atoms with Gasteiger partial charge in [-0.15, -0.1) is 5.10 Å². The van der Waals surface area contributed by atoms with Gasteiger partial charge in [0.05, 0.1) is 24.3 Å². The van der Waals surface area contributed by atoms with Crippen molar-refractivity contribution in [1.82, 2.24) is 4.90 Å². The molecule has 7 heteroatoms. The van der Waals surface area contributed by atoms with Crippen LogP contribution >= 0.6 is 23.4 Å². The van der Waals surface area contributed by atoms with Crippen molar-refractivity contribution in [1.29, 1.82) is 0 Å².